The second-order valence-corrected chi connectivity index (χ2v) is 13.1. The maximum Gasteiger partial charge on any atom is 0.407 e. The van der Waals surface area contributed by atoms with Crippen LogP contribution < -0.4 is 10.2 Å². The highest BCUT2D eigenvalue weighted by Gasteiger charge is 2.38. The number of amides is 3. The fourth-order valence-electron chi connectivity index (χ4n) is 7.58. The van der Waals surface area contributed by atoms with Gasteiger partial charge in [-0.25, -0.2) is 9.59 Å². The molecular formula is C39H43N3O6. The molecule has 3 aromatic carbocycles. The van der Waals surface area contributed by atoms with Gasteiger partial charge in [-0.15, -0.1) is 0 Å². The largest absolute Gasteiger partial charge is 0.480 e. The van der Waals surface area contributed by atoms with Crippen LogP contribution in [0.25, 0.3) is 11.1 Å². The first-order chi connectivity index (χ1) is 23.3. The number of hydrogen-bond donors (Lipinski definition) is 2. The number of fused-ring (bicyclic) bond motifs is 3. The number of carboxylic acid groups (broad SMARTS) is 1. The van der Waals surface area contributed by atoms with Crippen molar-refractivity contribution in [3.05, 3.63) is 102 Å². The summed E-state index contributed by atoms with van der Waals surface area (Å²) in [5.41, 5.74) is 5.87. The minimum atomic E-state index is -1.06. The molecule has 1 saturated heterocycles. The van der Waals surface area contributed by atoms with Crippen molar-refractivity contribution in [2.75, 3.05) is 24.6 Å². The van der Waals surface area contributed by atoms with E-state index in [-0.39, 0.29) is 24.9 Å². The van der Waals surface area contributed by atoms with E-state index in [1.54, 1.807) is 4.90 Å². The Bertz CT molecular complexity index is 1620. The van der Waals surface area contributed by atoms with Crippen molar-refractivity contribution in [3.63, 3.8) is 0 Å². The Morgan fingerprint density at radius 1 is 0.896 bits per heavy atom. The average Bonchev–Trinajstić information content (AvgIpc) is 3.73. The van der Waals surface area contributed by atoms with Crippen molar-refractivity contribution < 1.29 is 29.0 Å². The first kappa shape index (κ1) is 33.0. The second kappa shape index (κ2) is 14.9. The van der Waals surface area contributed by atoms with Gasteiger partial charge in [0.15, 0.2) is 0 Å². The molecule has 48 heavy (non-hydrogen) atoms. The molecule has 1 heterocycles. The number of carboxylic acids is 1. The van der Waals surface area contributed by atoms with Crippen LogP contribution in [0.2, 0.25) is 0 Å². The van der Waals surface area contributed by atoms with Crippen molar-refractivity contribution in [1.82, 2.24) is 10.2 Å². The van der Waals surface area contributed by atoms with Gasteiger partial charge in [0.1, 0.15) is 18.7 Å². The highest BCUT2D eigenvalue weighted by molar-refractivity contribution is 6.01. The number of rotatable bonds is 11. The monoisotopic (exact) mass is 649 g/mol. The maximum absolute atomic E-state index is 13.8. The van der Waals surface area contributed by atoms with Crippen molar-refractivity contribution in [2.45, 2.75) is 69.4 Å². The lowest BCUT2D eigenvalue weighted by atomic mass is 9.89. The van der Waals surface area contributed by atoms with Gasteiger partial charge in [0.25, 0.3) is 0 Å². The molecule has 1 saturated carbocycles. The van der Waals surface area contributed by atoms with Gasteiger partial charge in [0.05, 0.1) is 0 Å². The highest BCUT2D eigenvalue weighted by Crippen LogP contribution is 2.44. The standard InChI is InChI=1S/C39H43N3O6/c1-2-36(43)42(24-27-11-4-3-5-12-27)28-20-18-26(19-21-28)23-34(37(44)41-22-10-17-35(41)38(45)46)40-39(47)48-25-33-31-15-8-6-13-29(31)30-14-7-9-16-32(30)33/h2,6-9,13-16,18-21,27,33-35H,1,3-5,10-12,17,22-25H2,(H,40,47)(H,45,46)/t34-,35?/m0/s1. The predicted molar refractivity (Wildman–Crippen MR) is 184 cm³/mol. The summed E-state index contributed by atoms with van der Waals surface area (Å²) < 4.78 is 5.77. The molecule has 2 fully saturated rings. The quantitative estimate of drug-likeness (QED) is 0.235. The molecule has 2 atom stereocenters. The molecule has 2 N–H and O–H groups in total. The van der Waals surface area contributed by atoms with Crippen LogP contribution in [0.3, 0.4) is 0 Å². The minimum Gasteiger partial charge on any atom is -0.480 e. The number of aliphatic carboxylic acids is 1. The zero-order valence-electron chi connectivity index (χ0n) is 27.2. The molecule has 0 radical (unpaired) electrons. The average molecular weight is 650 g/mol. The van der Waals surface area contributed by atoms with Gasteiger partial charge in [0, 0.05) is 31.1 Å². The van der Waals surface area contributed by atoms with E-state index < -0.39 is 30.1 Å². The van der Waals surface area contributed by atoms with E-state index in [1.165, 1.54) is 30.2 Å². The molecule has 0 aromatic heterocycles. The van der Waals surface area contributed by atoms with Crippen LogP contribution in [0, 0.1) is 5.92 Å². The highest BCUT2D eigenvalue weighted by atomic mass is 16.5. The molecule has 9 nitrogen and oxygen atoms in total. The van der Waals surface area contributed by atoms with E-state index in [4.69, 9.17) is 4.74 Å². The van der Waals surface area contributed by atoms with Crippen LogP contribution >= 0.6 is 0 Å². The van der Waals surface area contributed by atoms with Crippen molar-refractivity contribution in [3.8, 4) is 11.1 Å². The third kappa shape index (κ3) is 7.15. The number of carbonyl (C=O) groups excluding carboxylic acids is 3. The molecule has 250 valence electrons. The summed E-state index contributed by atoms with van der Waals surface area (Å²) in [6, 6.07) is 21.5. The van der Waals surface area contributed by atoms with Crippen LogP contribution in [-0.4, -0.2) is 65.7 Å². The Morgan fingerprint density at radius 3 is 2.17 bits per heavy atom. The number of ether oxygens (including phenoxy) is 1. The third-order valence-corrected chi connectivity index (χ3v) is 10.0. The van der Waals surface area contributed by atoms with E-state index in [2.05, 4.69) is 24.0 Å². The first-order valence-corrected chi connectivity index (χ1v) is 17.0. The number of carbonyl (C=O) groups is 4. The zero-order valence-corrected chi connectivity index (χ0v) is 27.2. The number of alkyl carbamates (subject to hydrolysis) is 1. The topological polar surface area (TPSA) is 116 Å². The third-order valence-electron chi connectivity index (χ3n) is 10.0. The normalized spacial score (nSPS) is 18.0. The van der Waals surface area contributed by atoms with Crippen LogP contribution in [0.4, 0.5) is 10.5 Å². The van der Waals surface area contributed by atoms with E-state index in [9.17, 15) is 24.3 Å². The van der Waals surface area contributed by atoms with Gasteiger partial charge in [-0.2, -0.15) is 0 Å². The van der Waals surface area contributed by atoms with Crippen molar-refractivity contribution in [1.29, 1.82) is 0 Å². The predicted octanol–water partition coefficient (Wildman–Crippen LogP) is 6.31. The molecule has 9 heteroatoms. The summed E-state index contributed by atoms with van der Waals surface area (Å²) in [6.45, 7) is 4.71. The summed E-state index contributed by atoms with van der Waals surface area (Å²) >= 11 is 0. The first-order valence-electron chi connectivity index (χ1n) is 17.0. The van der Waals surface area contributed by atoms with Crippen LogP contribution in [0.5, 0.6) is 0 Å². The maximum atomic E-state index is 13.8. The Hall–Kier alpha value is -4.92. The zero-order chi connectivity index (χ0) is 33.6. The summed E-state index contributed by atoms with van der Waals surface area (Å²) in [5.74, 6) is -1.39. The van der Waals surface area contributed by atoms with Crippen molar-refractivity contribution >= 4 is 29.6 Å². The SMILES string of the molecule is C=CC(=O)N(CC1CCCCC1)c1ccc(C[C@H](NC(=O)OCC2c3ccccc3-c3ccccc32)C(=O)N2CCCC2C(=O)O)cc1. The van der Waals surface area contributed by atoms with E-state index >= 15 is 0 Å². The van der Waals surface area contributed by atoms with E-state index in [0.29, 0.717) is 31.8 Å². The Morgan fingerprint density at radius 2 is 1.54 bits per heavy atom. The van der Waals surface area contributed by atoms with Gasteiger partial charge in [-0.3, -0.25) is 9.59 Å². The Balaban J connectivity index is 1.18. The lowest BCUT2D eigenvalue weighted by Gasteiger charge is -2.29. The smallest absolute Gasteiger partial charge is 0.407 e. The fraction of sp³-hybridized carbons (Fsp3) is 0.385. The summed E-state index contributed by atoms with van der Waals surface area (Å²) in [5, 5.41) is 12.5. The van der Waals surface area contributed by atoms with Crippen LogP contribution in [0.15, 0.2) is 85.5 Å². The number of hydrogen-bond acceptors (Lipinski definition) is 5. The number of likely N-dealkylation sites (tertiary alicyclic amines) is 1. The molecule has 0 bridgehead atoms. The molecule has 6 rings (SSSR count). The summed E-state index contributed by atoms with van der Waals surface area (Å²) in [7, 11) is 0. The number of nitrogens with zero attached hydrogens (tertiary/aromatic N) is 2. The molecule has 3 aromatic rings. The molecular weight excluding hydrogens is 606 g/mol. The van der Waals surface area contributed by atoms with Gasteiger partial charge < -0.3 is 25.0 Å². The van der Waals surface area contributed by atoms with Gasteiger partial charge in [-0.05, 0) is 77.6 Å². The van der Waals surface area contributed by atoms with Gasteiger partial charge >= 0.3 is 12.1 Å². The Labute approximate surface area is 281 Å². The van der Waals surface area contributed by atoms with Gasteiger partial charge in [0.2, 0.25) is 11.8 Å². The number of benzene rings is 3. The second-order valence-electron chi connectivity index (χ2n) is 13.1. The minimum absolute atomic E-state index is 0.0884. The van der Waals surface area contributed by atoms with Crippen LogP contribution in [-0.2, 0) is 25.5 Å². The molecule has 3 amide bonds. The fourth-order valence-corrected chi connectivity index (χ4v) is 7.58. The lowest BCUT2D eigenvalue weighted by molar-refractivity contribution is -0.148. The van der Waals surface area contributed by atoms with Gasteiger partial charge in [-0.1, -0.05) is 86.5 Å². The summed E-state index contributed by atoms with van der Waals surface area (Å²) in [4.78, 5) is 55.1. The molecule has 1 unspecified atom stereocenters. The van der Waals surface area contributed by atoms with E-state index in [1.807, 2.05) is 60.7 Å². The molecule has 0 spiro atoms. The molecule has 2 aliphatic carbocycles. The lowest BCUT2D eigenvalue weighted by Crippen LogP contribution is -2.52. The number of nitrogens with one attached hydrogen (secondary N) is 1. The molecule has 1 aliphatic heterocycles. The van der Waals surface area contributed by atoms with Crippen LogP contribution in [0.1, 0.15) is 67.6 Å². The number of anilines is 1. The van der Waals surface area contributed by atoms with Crippen molar-refractivity contribution in [2.24, 2.45) is 5.92 Å². The Kier molecular flexibility index (Phi) is 10.2. The summed E-state index contributed by atoms with van der Waals surface area (Å²) in [6.07, 6.45) is 7.42. The molecule has 3 aliphatic rings. The van der Waals surface area contributed by atoms with E-state index in [0.717, 1.165) is 46.3 Å².